The van der Waals surface area contributed by atoms with Gasteiger partial charge in [-0.2, -0.15) is 0 Å². The van der Waals surface area contributed by atoms with Gasteiger partial charge in [0, 0.05) is 10.5 Å². The predicted molar refractivity (Wildman–Crippen MR) is 80.9 cm³/mol. The van der Waals surface area contributed by atoms with Crippen molar-refractivity contribution in [2.24, 2.45) is 0 Å². The van der Waals surface area contributed by atoms with Crippen LogP contribution in [0.15, 0.2) is 38.3 Å². The summed E-state index contributed by atoms with van der Waals surface area (Å²) >= 11 is 9.82. The maximum Gasteiger partial charge on any atom is 0.289 e. The number of benzene rings is 1. The van der Waals surface area contributed by atoms with Crippen molar-refractivity contribution >= 4 is 60.3 Å². The number of anilines is 1. The van der Waals surface area contributed by atoms with Crippen LogP contribution in [-0.2, 0) is 10.0 Å². The molecule has 0 unspecified atom stereocenters. The molecule has 0 fully saturated rings. The van der Waals surface area contributed by atoms with Gasteiger partial charge >= 0.3 is 0 Å². The minimum Gasteiger partial charge on any atom is -0.279 e. The van der Waals surface area contributed by atoms with E-state index in [1.54, 1.807) is 11.4 Å². The Balaban J connectivity index is 2.38. The lowest BCUT2D eigenvalue weighted by molar-refractivity contribution is -0.384. The Bertz CT molecular complexity index is 775. The lowest BCUT2D eigenvalue weighted by Gasteiger charge is -2.07. The highest BCUT2D eigenvalue weighted by molar-refractivity contribution is 9.10. The van der Waals surface area contributed by atoms with Crippen molar-refractivity contribution < 1.29 is 13.3 Å². The minimum absolute atomic E-state index is 0.0600. The van der Waals surface area contributed by atoms with Gasteiger partial charge < -0.3 is 0 Å². The topological polar surface area (TPSA) is 89.3 Å². The lowest BCUT2D eigenvalue weighted by Crippen LogP contribution is -2.12. The van der Waals surface area contributed by atoms with E-state index in [9.17, 15) is 18.5 Å². The van der Waals surface area contributed by atoms with Gasteiger partial charge in [0.05, 0.1) is 10.6 Å². The quantitative estimate of drug-likeness (QED) is 0.626. The summed E-state index contributed by atoms with van der Waals surface area (Å²) < 4.78 is 27.0. The zero-order chi connectivity index (χ0) is 14.9. The van der Waals surface area contributed by atoms with Crippen LogP contribution in [0, 0.1) is 10.1 Å². The van der Waals surface area contributed by atoms with E-state index in [1.165, 1.54) is 12.1 Å². The third-order valence-electron chi connectivity index (χ3n) is 2.22. The molecule has 0 spiro atoms. The fourth-order valence-electron chi connectivity index (χ4n) is 1.39. The fraction of sp³-hybridized carbons (Fsp3) is 0. The van der Waals surface area contributed by atoms with Gasteiger partial charge in [0.15, 0.2) is 4.21 Å². The molecule has 0 aliphatic rings. The van der Waals surface area contributed by atoms with Gasteiger partial charge in [0.25, 0.3) is 15.7 Å². The summed E-state index contributed by atoms with van der Waals surface area (Å²) in [5, 5.41) is 12.3. The number of rotatable bonds is 4. The first-order valence-electron chi connectivity index (χ1n) is 5.01. The Hall–Kier alpha value is -1.16. The number of nitrogens with zero attached hydrogens (tertiary/aromatic N) is 1. The Morgan fingerprint density at radius 3 is 2.60 bits per heavy atom. The summed E-state index contributed by atoms with van der Waals surface area (Å²) in [5.74, 6) is 0. The second kappa shape index (κ2) is 5.68. The fourth-order valence-corrected chi connectivity index (χ4v) is 4.96. The van der Waals surface area contributed by atoms with Crippen LogP contribution >= 0.6 is 38.9 Å². The highest BCUT2D eigenvalue weighted by Crippen LogP contribution is 2.31. The molecule has 1 heterocycles. The molecule has 0 atom stereocenters. The normalized spacial score (nSPS) is 11.3. The number of thiophene rings is 1. The molecule has 1 aromatic heterocycles. The first kappa shape index (κ1) is 15.2. The van der Waals surface area contributed by atoms with Gasteiger partial charge in [-0.1, -0.05) is 11.6 Å². The summed E-state index contributed by atoms with van der Waals surface area (Å²) in [6.07, 6.45) is 0. The van der Waals surface area contributed by atoms with E-state index >= 15 is 0 Å². The molecule has 2 rings (SSSR count). The smallest absolute Gasteiger partial charge is 0.279 e. The number of hydrogen-bond acceptors (Lipinski definition) is 5. The summed E-state index contributed by atoms with van der Waals surface area (Å²) in [5.41, 5.74) is -0.293. The molecule has 0 aliphatic carbocycles. The van der Waals surface area contributed by atoms with Crippen molar-refractivity contribution in [2.45, 2.75) is 4.21 Å². The molecule has 0 saturated carbocycles. The molecule has 0 aliphatic heterocycles. The number of halogens is 2. The molecule has 1 N–H and O–H groups in total. The molecule has 0 bridgehead atoms. The van der Waals surface area contributed by atoms with Crippen LogP contribution in [0.1, 0.15) is 0 Å². The van der Waals surface area contributed by atoms with Crippen molar-refractivity contribution in [1.82, 2.24) is 0 Å². The molecule has 0 radical (unpaired) electrons. The Labute approximate surface area is 131 Å². The van der Waals surface area contributed by atoms with Gasteiger partial charge in [-0.3, -0.25) is 14.8 Å². The van der Waals surface area contributed by atoms with Crippen molar-refractivity contribution in [1.29, 1.82) is 0 Å². The van der Waals surface area contributed by atoms with Crippen LogP contribution in [0.2, 0.25) is 5.02 Å². The molecule has 0 amide bonds. The van der Waals surface area contributed by atoms with E-state index in [0.717, 1.165) is 17.4 Å². The second-order valence-corrected chi connectivity index (χ2v) is 7.64. The summed E-state index contributed by atoms with van der Waals surface area (Å²) in [7, 11) is -3.80. The van der Waals surface area contributed by atoms with Gasteiger partial charge in [-0.05, 0) is 39.5 Å². The largest absolute Gasteiger partial charge is 0.289 e. The van der Waals surface area contributed by atoms with E-state index in [4.69, 9.17) is 11.6 Å². The SMILES string of the molecule is O=[N+]([O-])c1cc(NS(=O)(=O)c2sccc2Br)ccc1Cl. The number of hydrogen-bond donors (Lipinski definition) is 1. The molecule has 6 nitrogen and oxygen atoms in total. The zero-order valence-corrected chi connectivity index (χ0v) is 13.5. The van der Waals surface area contributed by atoms with Gasteiger partial charge in [0.1, 0.15) is 5.02 Å². The molecule has 2 aromatic rings. The van der Waals surface area contributed by atoms with Crippen LogP contribution < -0.4 is 4.72 Å². The zero-order valence-electron chi connectivity index (χ0n) is 9.54. The highest BCUT2D eigenvalue weighted by Gasteiger charge is 2.21. The van der Waals surface area contributed by atoms with Crippen LogP contribution in [0.3, 0.4) is 0 Å². The van der Waals surface area contributed by atoms with Gasteiger partial charge in [-0.15, -0.1) is 11.3 Å². The monoisotopic (exact) mass is 396 g/mol. The van der Waals surface area contributed by atoms with E-state index < -0.39 is 14.9 Å². The predicted octanol–water partition coefficient (Wildman–Crippen LogP) is 3.87. The summed E-state index contributed by atoms with van der Waals surface area (Å²) in [6, 6.07) is 5.29. The molecule has 1 aromatic carbocycles. The maximum absolute atomic E-state index is 12.1. The Morgan fingerprint density at radius 2 is 2.05 bits per heavy atom. The molecule has 10 heteroatoms. The summed E-state index contributed by atoms with van der Waals surface area (Å²) in [6.45, 7) is 0. The minimum atomic E-state index is -3.80. The summed E-state index contributed by atoms with van der Waals surface area (Å²) in [4.78, 5) is 10.1. The second-order valence-electron chi connectivity index (χ2n) is 3.58. The lowest BCUT2D eigenvalue weighted by atomic mass is 10.3. The van der Waals surface area contributed by atoms with Crippen LogP contribution in [0.4, 0.5) is 11.4 Å². The van der Waals surface area contributed by atoms with E-state index in [-0.39, 0.29) is 20.6 Å². The van der Waals surface area contributed by atoms with Crippen molar-refractivity contribution in [3.8, 4) is 0 Å². The molecular weight excluding hydrogens is 392 g/mol. The standard InChI is InChI=1S/C10H6BrClN2O4S2/c11-7-3-4-19-10(7)20(17,18)13-6-1-2-8(12)9(5-6)14(15)16/h1-5,13H. The molecule has 106 valence electrons. The first-order chi connectivity index (χ1) is 9.31. The third kappa shape index (κ3) is 3.11. The van der Waals surface area contributed by atoms with Crippen molar-refractivity contribution in [3.05, 3.63) is 49.3 Å². The Kier molecular flexibility index (Phi) is 4.33. The van der Waals surface area contributed by atoms with Crippen LogP contribution in [0.5, 0.6) is 0 Å². The average Bonchev–Trinajstić information content (AvgIpc) is 2.78. The van der Waals surface area contributed by atoms with E-state index in [2.05, 4.69) is 20.7 Å². The van der Waals surface area contributed by atoms with E-state index in [0.29, 0.717) is 4.47 Å². The number of nitrogens with one attached hydrogen (secondary N) is 1. The van der Waals surface area contributed by atoms with Crippen molar-refractivity contribution in [2.75, 3.05) is 4.72 Å². The van der Waals surface area contributed by atoms with E-state index in [1.807, 2.05) is 0 Å². The molecule has 20 heavy (non-hydrogen) atoms. The number of sulfonamides is 1. The number of nitro groups is 1. The average molecular weight is 398 g/mol. The molecule has 0 saturated heterocycles. The highest BCUT2D eigenvalue weighted by atomic mass is 79.9. The van der Waals surface area contributed by atoms with Gasteiger partial charge in [-0.25, -0.2) is 8.42 Å². The maximum atomic E-state index is 12.1. The molecular formula is C10H6BrClN2O4S2. The van der Waals surface area contributed by atoms with Crippen molar-refractivity contribution in [3.63, 3.8) is 0 Å². The Morgan fingerprint density at radius 1 is 1.35 bits per heavy atom. The third-order valence-corrected chi connectivity index (χ3v) is 6.59. The van der Waals surface area contributed by atoms with Crippen LogP contribution in [0.25, 0.3) is 0 Å². The number of nitro benzene ring substituents is 1. The van der Waals surface area contributed by atoms with Gasteiger partial charge in [0.2, 0.25) is 0 Å². The first-order valence-corrected chi connectivity index (χ1v) is 8.54. The van der Waals surface area contributed by atoms with Crippen LogP contribution in [-0.4, -0.2) is 13.3 Å².